The molecule has 0 bridgehead atoms. The maximum absolute atomic E-state index is 13.1. The van der Waals surface area contributed by atoms with Gasteiger partial charge in [0.05, 0.1) is 16.3 Å². The lowest BCUT2D eigenvalue weighted by molar-refractivity contribution is -0.137. The van der Waals surface area contributed by atoms with Gasteiger partial charge in [-0.3, -0.25) is 4.98 Å². The normalized spacial score (nSPS) is 12.0. The van der Waals surface area contributed by atoms with Crippen LogP contribution in [-0.2, 0) is 12.6 Å². The van der Waals surface area contributed by atoms with Gasteiger partial charge in [0.2, 0.25) is 0 Å². The van der Waals surface area contributed by atoms with Gasteiger partial charge in [-0.15, -0.1) is 0 Å². The van der Waals surface area contributed by atoms with Crippen LogP contribution in [0.4, 0.5) is 13.2 Å². The minimum atomic E-state index is -4.39. The fraction of sp³-hybridized carbons (Fsp3) is 0.278. The van der Waals surface area contributed by atoms with E-state index in [1.165, 1.54) is 12.1 Å². The number of alkyl halides is 3. The van der Waals surface area contributed by atoms with E-state index in [2.05, 4.69) is 9.97 Å². The van der Waals surface area contributed by atoms with Gasteiger partial charge in [0.25, 0.3) is 0 Å². The molecule has 3 nitrogen and oxygen atoms in total. The number of hydrogen-bond acceptors (Lipinski definition) is 2. The lowest BCUT2D eigenvalue weighted by Gasteiger charge is -2.08. The molecule has 2 aromatic heterocycles. The van der Waals surface area contributed by atoms with Crippen molar-refractivity contribution in [2.24, 2.45) is 5.73 Å². The summed E-state index contributed by atoms with van der Waals surface area (Å²) in [7, 11) is 0. The summed E-state index contributed by atoms with van der Waals surface area (Å²) >= 11 is 6.24. The number of halogens is 4. The largest absolute Gasteiger partial charge is 0.416 e. The lowest BCUT2D eigenvalue weighted by atomic mass is 10.0. The average Bonchev–Trinajstić information content (AvgIpc) is 2.92. The number of nitrogens with zero attached hydrogens (tertiary/aromatic N) is 1. The van der Waals surface area contributed by atoms with Crippen LogP contribution in [0.5, 0.6) is 0 Å². The lowest BCUT2D eigenvalue weighted by Crippen LogP contribution is -2.04. The summed E-state index contributed by atoms with van der Waals surface area (Å²) < 4.78 is 39.3. The third kappa shape index (κ3) is 3.65. The number of aromatic amines is 1. The van der Waals surface area contributed by atoms with E-state index >= 15 is 0 Å². The number of nitrogens with one attached hydrogen (secondary N) is 1. The third-order valence-corrected chi connectivity index (χ3v) is 4.41. The van der Waals surface area contributed by atoms with Crippen LogP contribution in [0.2, 0.25) is 5.02 Å². The van der Waals surface area contributed by atoms with Crippen molar-refractivity contribution in [2.45, 2.75) is 25.4 Å². The number of pyridine rings is 1. The molecule has 0 fully saturated rings. The van der Waals surface area contributed by atoms with Crippen LogP contribution in [0, 0.1) is 0 Å². The van der Waals surface area contributed by atoms with Gasteiger partial charge in [0.15, 0.2) is 0 Å². The highest BCUT2D eigenvalue weighted by Gasteiger charge is 2.31. The zero-order valence-electron chi connectivity index (χ0n) is 13.3. The summed E-state index contributed by atoms with van der Waals surface area (Å²) in [6, 6.07) is 7.13. The SMILES string of the molecule is NCCCCc1c(-c2ncccc2Cl)[nH]c2ccc(C(F)(F)F)cc12. The van der Waals surface area contributed by atoms with E-state index < -0.39 is 11.7 Å². The van der Waals surface area contributed by atoms with Crippen LogP contribution in [0.1, 0.15) is 24.0 Å². The molecule has 0 radical (unpaired) electrons. The summed E-state index contributed by atoms with van der Waals surface area (Å²) in [5.41, 5.74) is 7.50. The van der Waals surface area contributed by atoms with E-state index in [-0.39, 0.29) is 0 Å². The second-order valence-corrected chi connectivity index (χ2v) is 6.22. The molecule has 0 unspecified atom stereocenters. The van der Waals surface area contributed by atoms with E-state index in [1.807, 2.05) is 0 Å². The number of benzene rings is 1. The van der Waals surface area contributed by atoms with E-state index in [9.17, 15) is 13.2 Å². The molecule has 132 valence electrons. The first-order valence-electron chi connectivity index (χ1n) is 7.94. The van der Waals surface area contributed by atoms with Crippen LogP contribution >= 0.6 is 11.6 Å². The maximum atomic E-state index is 13.1. The predicted octanol–water partition coefficient (Wildman–Crippen LogP) is 5.18. The number of aromatic nitrogens is 2. The Bertz CT molecular complexity index is 887. The van der Waals surface area contributed by atoms with Crippen molar-refractivity contribution in [3.05, 3.63) is 52.7 Å². The molecule has 0 amide bonds. The molecule has 7 heteroatoms. The van der Waals surface area contributed by atoms with Crippen molar-refractivity contribution in [1.29, 1.82) is 0 Å². The highest BCUT2D eigenvalue weighted by atomic mass is 35.5. The molecule has 25 heavy (non-hydrogen) atoms. The molecule has 3 N–H and O–H groups in total. The summed E-state index contributed by atoms with van der Waals surface area (Å²) in [4.78, 5) is 7.48. The quantitative estimate of drug-likeness (QED) is 0.610. The molecule has 0 atom stereocenters. The Hall–Kier alpha value is -2.05. The second kappa shape index (κ2) is 7.06. The zero-order valence-corrected chi connectivity index (χ0v) is 14.1. The van der Waals surface area contributed by atoms with E-state index in [0.29, 0.717) is 40.3 Å². The minimum Gasteiger partial charge on any atom is -0.353 e. The molecule has 0 aliphatic rings. The molecule has 0 saturated heterocycles. The van der Waals surface area contributed by atoms with Crippen LogP contribution in [-0.4, -0.2) is 16.5 Å². The van der Waals surface area contributed by atoms with Crippen LogP contribution in [0.15, 0.2) is 36.5 Å². The Labute approximate surface area is 148 Å². The first-order valence-corrected chi connectivity index (χ1v) is 8.32. The van der Waals surface area contributed by atoms with Crippen LogP contribution < -0.4 is 5.73 Å². The molecule has 0 spiro atoms. The molecule has 2 heterocycles. The summed E-state index contributed by atoms with van der Waals surface area (Å²) in [5, 5.41) is 0.994. The topological polar surface area (TPSA) is 54.7 Å². The fourth-order valence-corrected chi connectivity index (χ4v) is 3.12. The average molecular weight is 368 g/mol. The minimum absolute atomic E-state index is 0.449. The molecule has 0 saturated carbocycles. The Balaban J connectivity index is 2.18. The third-order valence-electron chi connectivity index (χ3n) is 4.11. The van der Waals surface area contributed by atoms with Crippen molar-refractivity contribution >= 4 is 22.5 Å². The molecule has 0 aliphatic carbocycles. The van der Waals surface area contributed by atoms with Gasteiger partial charge in [-0.25, -0.2) is 0 Å². The number of unbranched alkanes of at least 4 members (excludes halogenated alkanes) is 1. The standard InChI is InChI=1S/C18H17ClF3N3/c19-14-5-3-9-24-17(14)16-12(4-1-2-8-23)13-10-11(18(20,21)22)6-7-15(13)25-16/h3,5-7,9-10,25H,1-2,4,8,23H2. The Morgan fingerprint density at radius 1 is 1.16 bits per heavy atom. The van der Waals surface area contributed by atoms with Gasteiger partial charge in [-0.1, -0.05) is 11.6 Å². The van der Waals surface area contributed by atoms with Crippen LogP contribution in [0.25, 0.3) is 22.3 Å². The molecular formula is C18H17ClF3N3. The number of H-pyrrole nitrogens is 1. The van der Waals surface area contributed by atoms with Gasteiger partial charge in [-0.2, -0.15) is 13.2 Å². The number of rotatable bonds is 5. The molecule has 0 aliphatic heterocycles. The number of aryl methyl sites for hydroxylation is 1. The van der Waals surface area contributed by atoms with Crippen molar-refractivity contribution < 1.29 is 13.2 Å². The molecular weight excluding hydrogens is 351 g/mol. The van der Waals surface area contributed by atoms with E-state index in [1.54, 1.807) is 18.3 Å². The van der Waals surface area contributed by atoms with Crippen molar-refractivity contribution in [3.8, 4) is 11.4 Å². The highest BCUT2D eigenvalue weighted by molar-refractivity contribution is 6.33. The Morgan fingerprint density at radius 3 is 2.64 bits per heavy atom. The van der Waals surface area contributed by atoms with Gasteiger partial charge in [0.1, 0.15) is 5.69 Å². The smallest absolute Gasteiger partial charge is 0.353 e. The molecule has 1 aromatic carbocycles. The first kappa shape index (κ1) is 17.8. The van der Waals surface area contributed by atoms with E-state index in [4.69, 9.17) is 17.3 Å². The molecule has 3 rings (SSSR count). The van der Waals surface area contributed by atoms with E-state index in [0.717, 1.165) is 24.5 Å². The Kier molecular flexibility index (Phi) is 5.01. The number of fused-ring (bicyclic) bond motifs is 1. The number of hydrogen-bond donors (Lipinski definition) is 2. The summed E-state index contributed by atoms with van der Waals surface area (Å²) in [6.45, 7) is 0.538. The fourth-order valence-electron chi connectivity index (χ4n) is 2.90. The highest BCUT2D eigenvalue weighted by Crippen LogP contribution is 2.37. The van der Waals surface area contributed by atoms with Crippen molar-refractivity contribution in [1.82, 2.24) is 9.97 Å². The van der Waals surface area contributed by atoms with Gasteiger partial charge >= 0.3 is 6.18 Å². The predicted molar refractivity (Wildman–Crippen MR) is 93.5 cm³/mol. The molecule has 3 aromatic rings. The first-order chi connectivity index (χ1) is 11.9. The number of nitrogens with two attached hydrogens (primary N) is 1. The maximum Gasteiger partial charge on any atom is 0.416 e. The van der Waals surface area contributed by atoms with Gasteiger partial charge in [0, 0.05) is 17.1 Å². The van der Waals surface area contributed by atoms with Gasteiger partial charge < -0.3 is 10.7 Å². The summed E-state index contributed by atoms with van der Waals surface area (Å²) in [5.74, 6) is 0. The summed E-state index contributed by atoms with van der Waals surface area (Å²) in [6.07, 6.45) is -0.612. The zero-order chi connectivity index (χ0) is 18.0. The van der Waals surface area contributed by atoms with Crippen molar-refractivity contribution in [2.75, 3.05) is 6.54 Å². The monoisotopic (exact) mass is 367 g/mol. The Morgan fingerprint density at radius 2 is 1.96 bits per heavy atom. The van der Waals surface area contributed by atoms with Crippen molar-refractivity contribution in [3.63, 3.8) is 0 Å². The second-order valence-electron chi connectivity index (χ2n) is 5.82. The van der Waals surface area contributed by atoms with Crippen LogP contribution in [0.3, 0.4) is 0 Å². The van der Waals surface area contributed by atoms with Gasteiger partial charge in [-0.05, 0) is 61.7 Å².